The van der Waals surface area contributed by atoms with E-state index in [0.717, 1.165) is 55.9 Å². The molecule has 0 N–H and O–H groups in total. The minimum Gasteiger partial charge on any atom is -0.658 e. The van der Waals surface area contributed by atoms with Gasteiger partial charge in [-0.15, -0.1) is 22.1 Å². The molecule has 0 spiro atoms. The number of rotatable bonds is 3. The van der Waals surface area contributed by atoms with Crippen molar-refractivity contribution in [1.29, 1.82) is 0 Å². The van der Waals surface area contributed by atoms with Crippen LogP contribution in [0.5, 0.6) is 0 Å². The van der Waals surface area contributed by atoms with Crippen molar-refractivity contribution < 1.29 is 17.1 Å². The summed E-state index contributed by atoms with van der Waals surface area (Å²) in [7, 11) is 0. The van der Waals surface area contributed by atoms with Gasteiger partial charge < -0.3 is 9.97 Å². The Kier molecular flexibility index (Phi) is 6.45. The summed E-state index contributed by atoms with van der Waals surface area (Å²) in [6, 6.07) is 8.21. The van der Waals surface area contributed by atoms with Gasteiger partial charge in [-0.05, 0) is 75.6 Å². The van der Waals surface area contributed by atoms with Crippen LogP contribution < -0.4 is 20.7 Å². The number of aromatic nitrogens is 2. The van der Waals surface area contributed by atoms with Gasteiger partial charge in [0.1, 0.15) is 0 Å². The Bertz CT molecular complexity index is 1270. The van der Waals surface area contributed by atoms with E-state index in [-0.39, 0.29) is 17.1 Å². The topological polar surface area (TPSA) is 52.9 Å². The second-order valence-electron chi connectivity index (χ2n) is 7.54. The molecule has 0 atom stereocenters. The van der Waals surface area contributed by atoms with Crippen molar-refractivity contribution in [1.82, 2.24) is 9.97 Å². The number of hydrogen-bond donors (Lipinski definition) is 0. The van der Waals surface area contributed by atoms with Gasteiger partial charge >= 0.3 is 17.1 Å². The third-order valence-electron chi connectivity index (χ3n) is 5.29. The predicted molar refractivity (Wildman–Crippen MR) is 122 cm³/mol. The van der Waals surface area contributed by atoms with Gasteiger partial charge in [-0.2, -0.15) is 0 Å². The molecule has 0 amide bonds. The molecule has 2 aromatic rings. The van der Waals surface area contributed by atoms with E-state index in [0.29, 0.717) is 0 Å². The van der Waals surface area contributed by atoms with Gasteiger partial charge in [0.15, 0.2) is 0 Å². The molecule has 151 valence electrons. The second kappa shape index (κ2) is 8.86. The van der Waals surface area contributed by atoms with Crippen LogP contribution in [0.2, 0.25) is 0 Å². The summed E-state index contributed by atoms with van der Waals surface area (Å²) in [6.45, 7) is 10.3. The largest absolute Gasteiger partial charge is 2.00 e. The van der Waals surface area contributed by atoms with Crippen LogP contribution >= 0.6 is 0 Å². The Morgan fingerprint density at radius 3 is 1.97 bits per heavy atom. The van der Waals surface area contributed by atoms with Crippen molar-refractivity contribution in [3.8, 4) is 0 Å². The van der Waals surface area contributed by atoms with Gasteiger partial charge in [0.2, 0.25) is 0 Å². The molecule has 0 saturated heterocycles. The van der Waals surface area contributed by atoms with E-state index in [1.54, 1.807) is 6.21 Å². The van der Waals surface area contributed by atoms with Crippen molar-refractivity contribution in [3.63, 3.8) is 0 Å². The molecule has 4 rings (SSSR count). The molecule has 0 aliphatic carbocycles. The molecule has 0 aromatic carbocycles. The first-order chi connectivity index (χ1) is 13.9. The number of aliphatic imine (C=N–C) groups is 2. The average molecular weight is 435 g/mol. The quantitative estimate of drug-likeness (QED) is 0.690. The molecule has 0 saturated carbocycles. The molecular formula is C25H24MnN4. The van der Waals surface area contributed by atoms with Crippen LogP contribution in [0.3, 0.4) is 0 Å². The van der Waals surface area contributed by atoms with E-state index in [9.17, 15) is 0 Å². The minimum absolute atomic E-state index is 0. The van der Waals surface area contributed by atoms with E-state index < -0.39 is 0 Å². The van der Waals surface area contributed by atoms with Gasteiger partial charge in [-0.1, -0.05) is 29.8 Å². The van der Waals surface area contributed by atoms with E-state index in [1.807, 2.05) is 24.3 Å². The number of nitrogens with zero attached hydrogens (tertiary/aromatic N) is 4. The van der Waals surface area contributed by atoms with Crippen LogP contribution in [-0.2, 0) is 17.1 Å². The summed E-state index contributed by atoms with van der Waals surface area (Å²) in [6.07, 6.45) is 9.86. The molecule has 4 heterocycles. The summed E-state index contributed by atoms with van der Waals surface area (Å²) in [5, 5.41) is 2.01. The van der Waals surface area contributed by atoms with E-state index in [4.69, 9.17) is 15.0 Å². The minimum atomic E-state index is 0. The molecular weight excluding hydrogens is 411 g/mol. The Balaban J connectivity index is 0.00000256. The van der Waals surface area contributed by atoms with Crippen molar-refractivity contribution in [2.24, 2.45) is 9.98 Å². The average Bonchev–Trinajstić information content (AvgIpc) is 3.51. The zero-order chi connectivity index (χ0) is 20.5. The fraction of sp³-hybridized carbons (Fsp3) is 0.200. The molecule has 0 unspecified atom stereocenters. The van der Waals surface area contributed by atoms with Crippen LogP contribution in [-0.4, -0.2) is 11.9 Å². The molecule has 2 aliphatic heterocycles. The smallest absolute Gasteiger partial charge is 0.658 e. The summed E-state index contributed by atoms with van der Waals surface area (Å²) in [5.74, 6) is 0. The van der Waals surface area contributed by atoms with E-state index >= 15 is 0 Å². The third kappa shape index (κ3) is 4.18. The predicted octanol–water partition coefficient (Wildman–Crippen LogP) is 3.77. The molecule has 0 bridgehead atoms. The van der Waals surface area contributed by atoms with E-state index in [2.05, 4.69) is 63.9 Å². The first kappa shape index (κ1) is 21.8. The number of allylic oxidation sites excluding steroid dienone is 6. The maximum atomic E-state index is 4.84. The molecule has 5 heteroatoms. The van der Waals surface area contributed by atoms with E-state index in [1.165, 1.54) is 5.57 Å². The fourth-order valence-electron chi connectivity index (χ4n) is 3.33. The molecule has 1 radical (unpaired) electrons. The van der Waals surface area contributed by atoms with Gasteiger partial charge in [0, 0.05) is 6.21 Å². The number of hydrogen-bond acceptors (Lipinski definition) is 2. The maximum absolute atomic E-state index is 4.84. The van der Waals surface area contributed by atoms with Crippen LogP contribution in [0.1, 0.15) is 46.0 Å². The molecule has 4 nitrogen and oxygen atoms in total. The van der Waals surface area contributed by atoms with Crippen molar-refractivity contribution >= 4 is 34.2 Å². The molecule has 2 aliphatic rings. The summed E-state index contributed by atoms with van der Waals surface area (Å²) >= 11 is 0. The third-order valence-corrected chi connectivity index (χ3v) is 5.29. The summed E-state index contributed by atoms with van der Waals surface area (Å²) in [4.78, 5) is 18.7. The Labute approximate surface area is 187 Å². The standard InChI is InChI=1S/C25H24N4.Mn/c1-15(2)19-8-9-22(27-19)17(4)23-12-13-25(29-23)18(5)24-11-10-21(28-24)16(3)20-7-6-14-26-20;/h6-14H,1-5H3;/q-2;+2/b20-16-,22-17-,25-18-;. The van der Waals surface area contributed by atoms with Gasteiger partial charge in [0.25, 0.3) is 0 Å². The normalized spacial score (nSPS) is 19.0. The Morgan fingerprint density at radius 1 is 0.700 bits per heavy atom. The maximum Gasteiger partial charge on any atom is 2.00 e. The van der Waals surface area contributed by atoms with Crippen molar-refractivity contribution in [2.75, 3.05) is 0 Å². The Hall–Kier alpha value is -2.88. The second-order valence-corrected chi connectivity index (χ2v) is 7.54. The van der Waals surface area contributed by atoms with Gasteiger partial charge in [-0.25, -0.2) is 4.99 Å². The SMILES string of the molecule is CC(C)=c1cc/c(=C(\C)C2=N/C(=C(/C)c3ccc(/C(C)=C4/C=CC=N4)[n-]3)C=C2)[n-]1.[Mn+2]. The zero-order valence-corrected chi connectivity index (χ0v) is 19.0. The van der Waals surface area contributed by atoms with Crippen LogP contribution in [0, 0.1) is 0 Å². The van der Waals surface area contributed by atoms with Gasteiger partial charge in [-0.3, -0.25) is 4.99 Å². The Morgan fingerprint density at radius 2 is 1.37 bits per heavy atom. The molecule has 2 aromatic heterocycles. The van der Waals surface area contributed by atoms with Crippen LogP contribution in [0.25, 0.3) is 22.3 Å². The first-order valence-corrected chi connectivity index (χ1v) is 9.76. The molecule has 30 heavy (non-hydrogen) atoms. The first-order valence-electron chi connectivity index (χ1n) is 9.76. The zero-order valence-electron chi connectivity index (χ0n) is 17.9. The molecule has 0 fully saturated rings. The van der Waals surface area contributed by atoms with Crippen LogP contribution in [0.4, 0.5) is 0 Å². The van der Waals surface area contributed by atoms with Crippen LogP contribution in [0.15, 0.2) is 69.9 Å². The monoisotopic (exact) mass is 435 g/mol. The summed E-state index contributed by atoms with van der Waals surface area (Å²) < 4.78 is 0. The van der Waals surface area contributed by atoms with Crippen molar-refractivity contribution in [2.45, 2.75) is 34.6 Å². The van der Waals surface area contributed by atoms with Gasteiger partial charge in [0.05, 0.1) is 17.1 Å². The van der Waals surface area contributed by atoms with Crippen molar-refractivity contribution in [3.05, 3.63) is 82.0 Å². The fourth-order valence-corrected chi connectivity index (χ4v) is 3.33. The summed E-state index contributed by atoms with van der Waals surface area (Å²) in [5.41, 5.74) is 9.19.